The normalized spacial score (nSPS) is 11.3. The van der Waals surface area contributed by atoms with Crippen molar-refractivity contribution < 1.29 is 4.79 Å². The number of nitrogens with one attached hydrogen (secondary N) is 2. The zero-order chi connectivity index (χ0) is 20.0. The lowest BCUT2D eigenvalue weighted by Crippen LogP contribution is -2.21. The Morgan fingerprint density at radius 3 is 2.07 bits per heavy atom. The highest BCUT2D eigenvalue weighted by molar-refractivity contribution is 6.04. The SMILES string of the molecule is CC(C)c1cccc(C(C)C)c1NC(=O)c1cnc(NCCN(C)C)nc1. The number of rotatable bonds is 8. The van der Waals surface area contributed by atoms with Crippen molar-refractivity contribution in [3.63, 3.8) is 0 Å². The molecule has 1 aromatic heterocycles. The fourth-order valence-corrected chi connectivity index (χ4v) is 2.81. The van der Waals surface area contributed by atoms with E-state index in [1.807, 2.05) is 14.1 Å². The molecule has 146 valence electrons. The molecule has 2 rings (SSSR count). The summed E-state index contributed by atoms with van der Waals surface area (Å²) in [6.07, 6.45) is 3.13. The summed E-state index contributed by atoms with van der Waals surface area (Å²) in [5, 5.41) is 6.23. The molecule has 1 heterocycles. The molecule has 0 atom stereocenters. The average Bonchev–Trinajstić information content (AvgIpc) is 2.61. The number of hydrogen-bond acceptors (Lipinski definition) is 5. The molecule has 1 amide bonds. The average molecular weight is 370 g/mol. The van der Waals surface area contributed by atoms with Crippen LogP contribution < -0.4 is 10.6 Å². The van der Waals surface area contributed by atoms with Crippen LogP contribution in [0.3, 0.4) is 0 Å². The van der Waals surface area contributed by atoms with Gasteiger partial charge in [-0.2, -0.15) is 0 Å². The maximum atomic E-state index is 12.8. The van der Waals surface area contributed by atoms with Gasteiger partial charge in [-0.3, -0.25) is 4.79 Å². The summed E-state index contributed by atoms with van der Waals surface area (Å²) < 4.78 is 0. The minimum absolute atomic E-state index is 0.190. The first-order valence-electron chi connectivity index (χ1n) is 9.44. The van der Waals surface area contributed by atoms with Gasteiger partial charge >= 0.3 is 0 Å². The van der Waals surface area contributed by atoms with Crippen LogP contribution in [-0.2, 0) is 0 Å². The van der Waals surface area contributed by atoms with E-state index in [0.29, 0.717) is 23.3 Å². The van der Waals surface area contributed by atoms with Crippen LogP contribution in [-0.4, -0.2) is 48.0 Å². The van der Waals surface area contributed by atoms with Gasteiger partial charge in [-0.05, 0) is 37.1 Å². The first-order valence-corrected chi connectivity index (χ1v) is 9.44. The predicted octanol–water partition coefficient (Wildman–Crippen LogP) is 3.95. The van der Waals surface area contributed by atoms with Crippen molar-refractivity contribution in [3.05, 3.63) is 47.3 Å². The highest BCUT2D eigenvalue weighted by atomic mass is 16.1. The fraction of sp³-hybridized carbons (Fsp3) is 0.476. The van der Waals surface area contributed by atoms with Crippen molar-refractivity contribution in [1.82, 2.24) is 14.9 Å². The number of para-hydroxylation sites is 1. The number of aromatic nitrogens is 2. The molecule has 27 heavy (non-hydrogen) atoms. The van der Waals surface area contributed by atoms with Crippen LogP contribution in [0.2, 0.25) is 0 Å². The van der Waals surface area contributed by atoms with Gasteiger partial charge in [-0.1, -0.05) is 45.9 Å². The molecule has 6 heteroatoms. The number of nitrogens with zero attached hydrogens (tertiary/aromatic N) is 3. The fourth-order valence-electron chi connectivity index (χ4n) is 2.81. The zero-order valence-corrected chi connectivity index (χ0v) is 17.2. The van der Waals surface area contributed by atoms with Gasteiger partial charge in [0.2, 0.25) is 5.95 Å². The summed E-state index contributed by atoms with van der Waals surface area (Å²) in [4.78, 5) is 23.3. The number of likely N-dealkylation sites (N-methyl/N-ethyl adjacent to an activating group) is 1. The third-order valence-electron chi connectivity index (χ3n) is 4.37. The van der Waals surface area contributed by atoms with Crippen LogP contribution in [0.15, 0.2) is 30.6 Å². The maximum Gasteiger partial charge on any atom is 0.258 e. The minimum Gasteiger partial charge on any atom is -0.353 e. The molecule has 0 aliphatic heterocycles. The van der Waals surface area contributed by atoms with Crippen molar-refractivity contribution in [2.45, 2.75) is 39.5 Å². The Morgan fingerprint density at radius 1 is 1.04 bits per heavy atom. The summed E-state index contributed by atoms with van der Waals surface area (Å²) >= 11 is 0. The van der Waals surface area contributed by atoms with Gasteiger partial charge in [0.1, 0.15) is 0 Å². The van der Waals surface area contributed by atoms with Crippen LogP contribution >= 0.6 is 0 Å². The van der Waals surface area contributed by atoms with Crippen LogP contribution in [0.25, 0.3) is 0 Å². The van der Waals surface area contributed by atoms with E-state index >= 15 is 0 Å². The first kappa shape index (κ1) is 20.8. The molecule has 0 saturated carbocycles. The lowest BCUT2D eigenvalue weighted by molar-refractivity contribution is 0.102. The molecule has 6 nitrogen and oxygen atoms in total. The second-order valence-electron chi connectivity index (χ2n) is 7.60. The molecular weight excluding hydrogens is 338 g/mol. The molecular formula is C21H31N5O. The third-order valence-corrected chi connectivity index (χ3v) is 4.37. The molecule has 0 aliphatic rings. The summed E-state index contributed by atoms with van der Waals surface area (Å²) in [6, 6.07) is 6.19. The topological polar surface area (TPSA) is 70.2 Å². The lowest BCUT2D eigenvalue weighted by atomic mass is 9.92. The van der Waals surface area contributed by atoms with Crippen LogP contribution in [0.4, 0.5) is 11.6 Å². The Balaban J connectivity index is 2.15. The molecule has 0 unspecified atom stereocenters. The molecule has 0 radical (unpaired) electrons. The van der Waals surface area contributed by atoms with E-state index in [-0.39, 0.29) is 5.91 Å². The van der Waals surface area contributed by atoms with Crippen molar-refractivity contribution >= 4 is 17.5 Å². The minimum atomic E-state index is -0.190. The van der Waals surface area contributed by atoms with E-state index in [2.05, 4.69) is 71.4 Å². The second-order valence-corrected chi connectivity index (χ2v) is 7.60. The molecule has 0 bridgehead atoms. The number of hydrogen-bond donors (Lipinski definition) is 2. The summed E-state index contributed by atoms with van der Waals surface area (Å²) in [7, 11) is 4.02. The molecule has 0 saturated heterocycles. The highest BCUT2D eigenvalue weighted by Crippen LogP contribution is 2.32. The number of carbonyl (C=O) groups excluding carboxylic acids is 1. The Labute approximate surface area is 162 Å². The highest BCUT2D eigenvalue weighted by Gasteiger charge is 2.17. The van der Waals surface area contributed by atoms with Gasteiger partial charge in [0, 0.05) is 31.2 Å². The number of benzene rings is 1. The molecule has 0 fully saturated rings. The van der Waals surface area contributed by atoms with E-state index in [4.69, 9.17) is 0 Å². The second kappa shape index (κ2) is 9.46. The Kier molecular flexibility index (Phi) is 7.30. The van der Waals surface area contributed by atoms with Crippen molar-refractivity contribution in [1.29, 1.82) is 0 Å². The standard InChI is InChI=1S/C21H31N5O/c1-14(2)17-8-7-9-18(15(3)4)19(17)25-20(27)16-12-23-21(24-13-16)22-10-11-26(5)6/h7-9,12-15H,10-11H2,1-6H3,(H,25,27)(H,22,23,24). The van der Waals surface area contributed by atoms with Gasteiger partial charge in [-0.25, -0.2) is 9.97 Å². The van der Waals surface area contributed by atoms with Crippen LogP contribution in [0.5, 0.6) is 0 Å². The van der Waals surface area contributed by atoms with Gasteiger partial charge < -0.3 is 15.5 Å². The third kappa shape index (κ3) is 5.76. The molecule has 0 spiro atoms. The monoisotopic (exact) mass is 369 g/mol. The van der Waals surface area contributed by atoms with Gasteiger partial charge in [0.05, 0.1) is 5.56 Å². The van der Waals surface area contributed by atoms with Gasteiger partial charge in [0.15, 0.2) is 0 Å². The largest absolute Gasteiger partial charge is 0.353 e. The summed E-state index contributed by atoms with van der Waals surface area (Å²) in [6.45, 7) is 10.2. The van der Waals surface area contributed by atoms with E-state index in [1.165, 1.54) is 0 Å². The Bertz CT molecular complexity index is 727. The Morgan fingerprint density at radius 2 is 1.59 bits per heavy atom. The lowest BCUT2D eigenvalue weighted by Gasteiger charge is -2.20. The van der Waals surface area contributed by atoms with Crippen molar-refractivity contribution in [2.75, 3.05) is 37.8 Å². The van der Waals surface area contributed by atoms with Crippen molar-refractivity contribution in [3.8, 4) is 0 Å². The molecule has 1 aromatic carbocycles. The van der Waals surface area contributed by atoms with Gasteiger partial charge in [-0.15, -0.1) is 0 Å². The zero-order valence-electron chi connectivity index (χ0n) is 17.2. The maximum absolute atomic E-state index is 12.8. The molecule has 2 aromatic rings. The quantitative estimate of drug-likeness (QED) is 0.737. The predicted molar refractivity (Wildman–Crippen MR) is 112 cm³/mol. The molecule has 0 aliphatic carbocycles. The summed E-state index contributed by atoms with van der Waals surface area (Å²) in [5.41, 5.74) is 3.62. The first-order chi connectivity index (χ1) is 12.8. The van der Waals surface area contributed by atoms with E-state index < -0.39 is 0 Å². The number of carbonyl (C=O) groups is 1. The van der Waals surface area contributed by atoms with E-state index in [9.17, 15) is 4.79 Å². The van der Waals surface area contributed by atoms with Crippen LogP contribution in [0.1, 0.15) is 61.0 Å². The molecule has 2 N–H and O–H groups in total. The van der Waals surface area contributed by atoms with E-state index in [1.54, 1.807) is 12.4 Å². The Hall–Kier alpha value is -2.47. The number of anilines is 2. The summed E-state index contributed by atoms with van der Waals surface area (Å²) in [5.74, 6) is 0.973. The van der Waals surface area contributed by atoms with Crippen molar-refractivity contribution in [2.24, 2.45) is 0 Å². The number of amides is 1. The van der Waals surface area contributed by atoms with Gasteiger partial charge in [0.25, 0.3) is 5.91 Å². The van der Waals surface area contributed by atoms with E-state index in [0.717, 1.165) is 29.9 Å². The van der Waals surface area contributed by atoms with Crippen LogP contribution in [0, 0.1) is 0 Å². The smallest absolute Gasteiger partial charge is 0.258 e.